The molecule has 1 aliphatic rings. The van der Waals surface area contributed by atoms with Crippen LogP contribution in [0, 0.1) is 6.92 Å². The van der Waals surface area contributed by atoms with E-state index in [1.54, 1.807) is 11.8 Å². The fourth-order valence-corrected chi connectivity index (χ4v) is 4.37. The molecule has 0 unspecified atom stereocenters. The third kappa shape index (κ3) is 4.35. The van der Waals surface area contributed by atoms with Gasteiger partial charge in [0.2, 0.25) is 5.91 Å². The van der Waals surface area contributed by atoms with Gasteiger partial charge in [-0.25, -0.2) is 0 Å². The first-order valence-corrected chi connectivity index (χ1v) is 11.4. The van der Waals surface area contributed by atoms with Crippen molar-refractivity contribution < 1.29 is 9.59 Å². The van der Waals surface area contributed by atoms with Gasteiger partial charge in [-0.1, -0.05) is 60.2 Å². The second kappa shape index (κ2) is 8.98. The number of hydrogen-bond acceptors (Lipinski definition) is 3. The lowest BCUT2D eigenvalue weighted by molar-refractivity contribution is -0.116. The molecule has 0 spiro atoms. The zero-order chi connectivity index (χ0) is 23.7. The summed E-state index contributed by atoms with van der Waals surface area (Å²) in [4.78, 5) is 27.0. The van der Waals surface area contributed by atoms with Crippen molar-refractivity contribution in [2.45, 2.75) is 26.8 Å². The summed E-state index contributed by atoms with van der Waals surface area (Å²) in [5.74, 6) is -0.180. The molecule has 0 saturated heterocycles. The first kappa shape index (κ1) is 21.6. The molecule has 170 valence electrons. The van der Waals surface area contributed by atoms with Crippen molar-refractivity contribution in [2.24, 2.45) is 0 Å². The Morgan fingerprint density at radius 1 is 1.00 bits per heavy atom. The highest BCUT2D eigenvalue weighted by molar-refractivity contribution is 6.08. The molecule has 6 nitrogen and oxygen atoms in total. The van der Waals surface area contributed by atoms with Crippen molar-refractivity contribution >= 4 is 23.2 Å². The normalized spacial score (nSPS) is 12.5. The van der Waals surface area contributed by atoms with E-state index in [0.717, 1.165) is 34.4 Å². The molecular weight excluding hydrogens is 424 g/mol. The summed E-state index contributed by atoms with van der Waals surface area (Å²) in [6, 6.07) is 23.8. The van der Waals surface area contributed by atoms with Crippen LogP contribution in [0.5, 0.6) is 0 Å². The maximum atomic E-state index is 13.4. The number of fused-ring (bicyclic) bond motifs is 1. The Labute approximate surface area is 198 Å². The van der Waals surface area contributed by atoms with E-state index in [1.807, 2.05) is 90.6 Å². The molecule has 0 aliphatic carbocycles. The molecule has 3 aromatic carbocycles. The van der Waals surface area contributed by atoms with E-state index in [9.17, 15) is 9.59 Å². The Balaban J connectivity index is 1.45. The lowest BCUT2D eigenvalue weighted by atomic mass is 10.1. The van der Waals surface area contributed by atoms with Crippen molar-refractivity contribution in [2.75, 3.05) is 16.8 Å². The van der Waals surface area contributed by atoms with E-state index in [0.29, 0.717) is 30.0 Å². The molecule has 0 bridgehead atoms. The highest BCUT2D eigenvalue weighted by Crippen LogP contribution is 2.31. The molecule has 6 heteroatoms. The van der Waals surface area contributed by atoms with Gasteiger partial charge in [-0.15, -0.1) is 0 Å². The summed E-state index contributed by atoms with van der Waals surface area (Å²) in [6.07, 6.45) is 2.59. The van der Waals surface area contributed by atoms with Gasteiger partial charge in [-0.05, 0) is 42.7 Å². The van der Waals surface area contributed by atoms with Crippen molar-refractivity contribution in [3.05, 3.63) is 101 Å². The van der Waals surface area contributed by atoms with Crippen LogP contribution in [-0.2, 0) is 17.8 Å². The van der Waals surface area contributed by atoms with Gasteiger partial charge in [0, 0.05) is 36.6 Å². The lowest BCUT2D eigenvalue weighted by Crippen LogP contribution is -2.25. The van der Waals surface area contributed by atoms with Gasteiger partial charge in [-0.3, -0.25) is 14.3 Å². The molecule has 0 saturated carbocycles. The number of carbonyl (C=O) groups excluding carboxylic acids is 2. The van der Waals surface area contributed by atoms with Gasteiger partial charge in [0.25, 0.3) is 5.91 Å². The number of aromatic nitrogens is 2. The highest BCUT2D eigenvalue weighted by atomic mass is 16.2. The van der Waals surface area contributed by atoms with Gasteiger partial charge in [0.1, 0.15) is 5.69 Å². The Morgan fingerprint density at radius 3 is 2.50 bits per heavy atom. The fraction of sp³-hybridized carbons (Fsp3) is 0.179. The number of hydrogen-bond donors (Lipinski definition) is 1. The number of anilines is 2. The minimum absolute atomic E-state index is 0.0316. The summed E-state index contributed by atoms with van der Waals surface area (Å²) in [6.45, 7) is 4.86. The first-order chi connectivity index (χ1) is 16.5. The summed E-state index contributed by atoms with van der Waals surface area (Å²) < 4.78 is 1.81. The van der Waals surface area contributed by atoms with Crippen LogP contribution < -0.4 is 10.2 Å². The number of benzene rings is 3. The van der Waals surface area contributed by atoms with Gasteiger partial charge < -0.3 is 10.2 Å². The Morgan fingerprint density at radius 2 is 1.76 bits per heavy atom. The van der Waals surface area contributed by atoms with E-state index in [4.69, 9.17) is 5.10 Å². The van der Waals surface area contributed by atoms with Gasteiger partial charge in [0.15, 0.2) is 0 Å². The van der Waals surface area contributed by atoms with E-state index in [2.05, 4.69) is 5.32 Å². The maximum Gasteiger partial charge on any atom is 0.259 e. The average molecular weight is 451 g/mol. The average Bonchev–Trinajstić information content (AvgIpc) is 3.44. The summed E-state index contributed by atoms with van der Waals surface area (Å²) in [7, 11) is 0. The summed E-state index contributed by atoms with van der Waals surface area (Å²) in [5, 5.41) is 7.80. The Bertz CT molecular complexity index is 1360. The van der Waals surface area contributed by atoms with Crippen LogP contribution in [0.25, 0.3) is 11.3 Å². The number of amides is 2. The van der Waals surface area contributed by atoms with E-state index >= 15 is 0 Å². The minimum Gasteiger partial charge on any atom is -0.322 e. The SMILES string of the molecule is CC(=O)N1CCc2cc(NC(=O)c3cn(Cc4ccccc4)nc3-c3ccc(C)cc3)ccc21. The number of nitrogens with zero attached hydrogens (tertiary/aromatic N) is 3. The van der Waals surface area contributed by atoms with Gasteiger partial charge in [-0.2, -0.15) is 5.10 Å². The number of nitrogens with one attached hydrogen (secondary N) is 1. The van der Waals surface area contributed by atoms with E-state index in [1.165, 1.54) is 0 Å². The van der Waals surface area contributed by atoms with E-state index in [-0.39, 0.29) is 11.8 Å². The van der Waals surface area contributed by atoms with Gasteiger partial charge >= 0.3 is 0 Å². The van der Waals surface area contributed by atoms with Crippen LogP contribution >= 0.6 is 0 Å². The van der Waals surface area contributed by atoms with Gasteiger partial charge in [0.05, 0.1) is 12.1 Å². The fourth-order valence-electron chi connectivity index (χ4n) is 4.37. The van der Waals surface area contributed by atoms with Crippen LogP contribution in [0.2, 0.25) is 0 Å². The second-order valence-corrected chi connectivity index (χ2v) is 8.66. The molecule has 34 heavy (non-hydrogen) atoms. The van der Waals surface area contributed by atoms with Crippen LogP contribution in [0.1, 0.15) is 34.0 Å². The third-order valence-electron chi connectivity index (χ3n) is 6.13. The largest absolute Gasteiger partial charge is 0.322 e. The number of rotatable bonds is 5. The molecule has 0 fully saturated rings. The predicted molar refractivity (Wildman–Crippen MR) is 134 cm³/mol. The third-order valence-corrected chi connectivity index (χ3v) is 6.13. The molecule has 5 rings (SSSR count). The van der Waals surface area contributed by atoms with Crippen LogP contribution in [-0.4, -0.2) is 28.1 Å². The molecule has 2 amide bonds. The first-order valence-electron chi connectivity index (χ1n) is 11.4. The Kier molecular flexibility index (Phi) is 5.72. The molecule has 0 radical (unpaired) electrons. The van der Waals surface area contributed by atoms with Crippen molar-refractivity contribution in [3.8, 4) is 11.3 Å². The monoisotopic (exact) mass is 450 g/mol. The Hall–Kier alpha value is -4.19. The smallest absolute Gasteiger partial charge is 0.259 e. The quantitative estimate of drug-likeness (QED) is 0.462. The minimum atomic E-state index is -0.212. The van der Waals surface area contributed by atoms with Crippen molar-refractivity contribution in [3.63, 3.8) is 0 Å². The van der Waals surface area contributed by atoms with Crippen LogP contribution in [0.3, 0.4) is 0 Å². The molecule has 1 N–H and O–H groups in total. The van der Waals surface area contributed by atoms with Crippen LogP contribution in [0.15, 0.2) is 79.0 Å². The maximum absolute atomic E-state index is 13.4. The molecule has 0 atom stereocenters. The topological polar surface area (TPSA) is 67.2 Å². The highest BCUT2D eigenvalue weighted by Gasteiger charge is 2.23. The molecular formula is C28H26N4O2. The second-order valence-electron chi connectivity index (χ2n) is 8.66. The van der Waals surface area contributed by atoms with Crippen molar-refractivity contribution in [1.29, 1.82) is 0 Å². The molecule has 1 aromatic heterocycles. The summed E-state index contributed by atoms with van der Waals surface area (Å²) >= 11 is 0. The predicted octanol–water partition coefficient (Wildman–Crippen LogP) is 5.07. The van der Waals surface area contributed by atoms with E-state index < -0.39 is 0 Å². The molecule has 1 aliphatic heterocycles. The number of aryl methyl sites for hydroxylation is 1. The summed E-state index contributed by atoms with van der Waals surface area (Å²) in [5.41, 5.74) is 7.02. The van der Waals surface area contributed by atoms with Crippen LogP contribution in [0.4, 0.5) is 11.4 Å². The zero-order valence-corrected chi connectivity index (χ0v) is 19.3. The van der Waals surface area contributed by atoms with Crippen molar-refractivity contribution in [1.82, 2.24) is 9.78 Å². The zero-order valence-electron chi connectivity index (χ0n) is 19.3. The number of carbonyl (C=O) groups is 2. The standard InChI is InChI=1S/C28H26N4O2/c1-19-8-10-22(11-9-19)27-25(18-31(30-27)17-21-6-4-3-5-7-21)28(34)29-24-12-13-26-23(16-24)14-15-32(26)20(2)33/h3-13,16,18H,14-15,17H2,1-2H3,(H,29,34). The molecule has 4 aromatic rings. The molecule has 2 heterocycles. The lowest BCUT2D eigenvalue weighted by Gasteiger charge is -2.15.